The molecule has 2 aliphatic rings. The number of carbonyl (C=O) groups is 1. The number of carbonyl (C=O) groups excluding carboxylic acids is 1. The van der Waals surface area contributed by atoms with Crippen LogP contribution in [0, 0.1) is 5.82 Å². The van der Waals surface area contributed by atoms with Crippen molar-refractivity contribution in [2.45, 2.75) is 25.0 Å². The first kappa shape index (κ1) is 21.9. The average Bonchev–Trinajstić information content (AvgIpc) is 2.82. The second-order valence-electron chi connectivity index (χ2n) is 8.33. The van der Waals surface area contributed by atoms with Gasteiger partial charge in [-0.05, 0) is 29.8 Å². The van der Waals surface area contributed by atoms with Gasteiger partial charge in [-0.3, -0.25) is 4.79 Å². The summed E-state index contributed by atoms with van der Waals surface area (Å²) in [5.74, 6) is 2.23. The second kappa shape index (κ2) is 9.53. The molecule has 0 unspecified atom stereocenters. The molecular formula is C26H25FN2O3S. The van der Waals surface area contributed by atoms with Crippen molar-refractivity contribution in [3.8, 4) is 11.1 Å². The molecule has 33 heavy (non-hydrogen) atoms. The molecule has 2 aromatic carbocycles. The van der Waals surface area contributed by atoms with E-state index >= 15 is 0 Å². The zero-order chi connectivity index (χ0) is 22.8. The summed E-state index contributed by atoms with van der Waals surface area (Å²) in [6.45, 7) is 1.77. The quantitative estimate of drug-likeness (QED) is 0.566. The van der Waals surface area contributed by atoms with Gasteiger partial charge in [0.1, 0.15) is 17.7 Å². The average molecular weight is 465 g/mol. The highest BCUT2D eigenvalue weighted by molar-refractivity contribution is 7.99. The number of thioether (sulfide) groups is 1. The Morgan fingerprint density at radius 2 is 1.88 bits per heavy atom. The number of anilines is 1. The summed E-state index contributed by atoms with van der Waals surface area (Å²) in [5, 5.41) is 11.0. The van der Waals surface area contributed by atoms with Crippen LogP contribution < -0.4 is 4.90 Å². The van der Waals surface area contributed by atoms with Crippen LogP contribution in [0.15, 0.2) is 54.6 Å². The molecule has 0 spiro atoms. The molecular weight excluding hydrogens is 439 g/mol. The number of para-hydroxylation sites is 1. The van der Waals surface area contributed by atoms with Gasteiger partial charge in [-0.1, -0.05) is 36.4 Å². The molecule has 0 radical (unpaired) electrons. The summed E-state index contributed by atoms with van der Waals surface area (Å²) in [5.41, 5.74) is 3.64. The summed E-state index contributed by atoms with van der Waals surface area (Å²) < 4.78 is 19.2. The van der Waals surface area contributed by atoms with Crippen molar-refractivity contribution in [2.75, 3.05) is 29.5 Å². The number of pyridine rings is 1. The minimum atomic E-state index is -0.703. The van der Waals surface area contributed by atoms with E-state index in [1.165, 1.54) is 12.1 Å². The fourth-order valence-corrected chi connectivity index (χ4v) is 5.35. The Bertz CT molecular complexity index is 1190. The SMILES string of the molecule is O=C1C[C@@H](O)C[C@H](/C=C/c2c(N3CCSCC3)nc3ccccc3c2-c2ccc(F)cc2)O1. The first-order chi connectivity index (χ1) is 16.1. The van der Waals surface area contributed by atoms with Gasteiger partial charge in [0.05, 0.1) is 18.0 Å². The molecule has 0 amide bonds. The van der Waals surface area contributed by atoms with Crippen LogP contribution in [0.2, 0.25) is 0 Å². The number of rotatable bonds is 4. The molecule has 5 rings (SSSR count). The standard InChI is InChI=1S/C26H25FN2O3S/c27-18-7-5-17(6-8-18)25-21-3-1-2-4-23(21)28-26(29-11-13-33-14-12-29)22(25)10-9-20-15-19(30)16-24(31)32-20/h1-10,19-20,30H,11-16H2/b10-9+/t19-,20-/m0/s1. The minimum absolute atomic E-state index is 0.0272. The molecule has 2 aliphatic heterocycles. The third-order valence-electron chi connectivity index (χ3n) is 6.02. The highest BCUT2D eigenvalue weighted by Gasteiger charge is 2.26. The van der Waals surface area contributed by atoms with E-state index < -0.39 is 18.2 Å². The molecule has 0 bridgehead atoms. The third kappa shape index (κ3) is 4.75. The van der Waals surface area contributed by atoms with Crippen LogP contribution in [-0.4, -0.2) is 52.9 Å². The van der Waals surface area contributed by atoms with Crippen LogP contribution in [0.3, 0.4) is 0 Å². The number of fused-ring (bicyclic) bond motifs is 1. The van der Waals surface area contributed by atoms with Crippen molar-refractivity contribution in [3.63, 3.8) is 0 Å². The molecule has 0 saturated carbocycles. The third-order valence-corrected chi connectivity index (χ3v) is 6.96. The largest absolute Gasteiger partial charge is 0.458 e. The molecule has 1 aromatic heterocycles. The Labute approximate surface area is 196 Å². The molecule has 3 aromatic rings. The monoisotopic (exact) mass is 464 g/mol. The minimum Gasteiger partial charge on any atom is -0.458 e. The first-order valence-electron chi connectivity index (χ1n) is 11.2. The van der Waals surface area contributed by atoms with Crippen LogP contribution in [0.4, 0.5) is 10.2 Å². The summed E-state index contributed by atoms with van der Waals surface area (Å²) >= 11 is 1.93. The number of cyclic esters (lactones) is 1. The van der Waals surface area contributed by atoms with E-state index in [1.807, 2.05) is 48.2 Å². The number of halogens is 1. The smallest absolute Gasteiger partial charge is 0.309 e. The number of hydrogen-bond donors (Lipinski definition) is 1. The van der Waals surface area contributed by atoms with Gasteiger partial charge in [-0.25, -0.2) is 9.37 Å². The predicted octanol–water partition coefficient (Wildman–Crippen LogP) is 4.67. The lowest BCUT2D eigenvalue weighted by molar-refractivity contribution is -0.156. The van der Waals surface area contributed by atoms with E-state index in [0.29, 0.717) is 6.42 Å². The lowest BCUT2D eigenvalue weighted by atomic mass is 9.94. The Kier molecular flexibility index (Phi) is 6.33. The van der Waals surface area contributed by atoms with E-state index in [0.717, 1.165) is 58.0 Å². The normalized spacial score (nSPS) is 21.5. The van der Waals surface area contributed by atoms with Gasteiger partial charge in [0, 0.05) is 47.5 Å². The number of aliphatic hydroxyl groups excluding tert-OH is 1. The van der Waals surface area contributed by atoms with Crippen molar-refractivity contribution in [2.24, 2.45) is 0 Å². The fraction of sp³-hybridized carbons (Fsp3) is 0.308. The van der Waals surface area contributed by atoms with Crippen LogP contribution >= 0.6 is 11.8 Å². The topological polar surface area (TPSA) is 62.7 Å². The Morgan fingerprint density at radius 3 is 2.64 bits per heavy atom. The van der Waals surface area contributed by atoms with Gasteiger partial charge in [0.2, 0.25) is 0 Å². The molecule has 2 fully saturated rings. The van der Waals surface area contributed by atoms with Crippen molar-refractivity contribution >= 4 is 40.5 Å². The number of esters is 1. The summed E-state index contributed by atoms with van der Waals surface area (Å²) in [6.07, 6.45) is 2.97. The predicted molar refractivity (Wildman–Crippen MR) is 131 cm³/mol. The van der Waals surface area contributed by atoms with Gasteiger partial charge < -0.3 is 14.7 Å². The number of aromatic nitrogens is 1. The van der Waals surface area contributed by atoms with Gasteiger partial charge in [0.25, 0.3) is 0 Å². The Hall–Kier alpha value is -2.90. The van der Waals surface area contributed by atoms with Crippen LogP contribution in [-0.2, 0) is 9.53 Å². The van der Waals surface area contributed by atoms with E-state index in [-0.39, 0.29) is 12.2 Å². The second-order valence-corrected chi connectivity index (χ2v) is 9.55. The summed E-state index contributed by atoms with van der Waals surface area (Å²) in [4.78, 5) is 19.1. The van der Waals surface area contributed by atoms with E-state index in [9.17, 15) is 14.3 Å². The molecule has 1 N–H and O–H groups in total. The highest BCUT2D eigenvalue weighted by atomic mass is 32.2. The van der Waals surface area contributed by atoms with Gasteiger partial charge in [0.15, 0.2) is 0 Å². The van der Waals surface area contributed by atoms with Crippen LogP contribution in [0.5, 0.6) is 0 Å². The molecule has 5 nitrogen and oxygen atoms in total. The van der Waals surface area contributed by atoms with E-state index in [2.05, 4.69) is 4.90 Å². The molecule has 7 heteroatoms. The fourth-order valence-electron chi connectivity index (χ4n) is 4.45. The molecule has 2 atom stereocenters. The number of benzene rings is 2. The van der Waals surface area contributed by atoms with Crippen LogP contribution in [0.1, 0.15) is 18.4 Å². The van der Waals surface area contributed by atoms with Gasteiger partial charge >= 0.3 is 5.97 Å². The molecule has 2 saturated heterocycles. The molecule has 0 aliphatic carbocycles. The molecule has 170 valence electrons. The summed E-state index contributed by atoms with van der Waals surface area (Å²) in [7, 11) is 0. The van der Waals surface area contributed by atoms with Crippen molar-refractivity contribution < 1.29 is 19.0 Å². The van der Waals surface area contributed by atoms with Crippen molar-refractivity contribution in [1.82, 2.24) is 4.98 Å². The lowest BCUT2D eigenvalue weighted by Crippen LogP contribution is -2.34. The van der Waals surface area contributed by atoms with E-state index in [1.54, 1.807) is 12.1 Å². The zero-order valence-electron chi connectivity index (χ0n) is 18.1. The maximum atomic E-state index is 13.7. The van der Waals surface area contributed by atoms with Crippen LogP contribution in [0.25, 0.3) is 28.1 Å². The Balaban J connectivity index is 1.69. The van der Waals surface area contributed by atoms with Crippen molar-refractivity contribution in [3.05, 3.63) is 66.0 Å². The van der Waals surface area contributed by atoms with E-state index in [4.69, 9.17) is 9.72 Å². The maximum absolute atomic E-state index is 13.7. The zero-order valence-corrected chi connectivity index (χ0v) is 18.9. The van der Waals surface area contributed by atoms with Gasteiger partial charge in [-0.15, -0.1) is 0 Å². The van der Waals surface area contributed by atoms with Crippen molar-refractivity contribution in [1.29, 1.82) is 0 Å². The summed E-state index contributed by atoms with van der Waals surface area (Å²) in [6, 6.07) is 14.5. The number of aliphatic hydroxyl groups is 1. The number of nitrogens with zero attached hydrogens (tertiary/aromatic N) is 2. The lowest BCUT2D eigenvalue weighted by Gasteiger charge is -2.30. The maximum Gasteiger partial charge on any atom is 0.309 e. The first-order valence-corrected chi connectivity index (χ1v) is 12.3. The Morgan fingerprint density at radius 1 is 1.12 bits per heavy atom. The number of ether oxygens (including phenoxy) is 1. The number of hydrogen-bond acceptors (Lipinski definition) is 6. The molecule has 3 heterocycles. The van der Waals surface area contributed by atoms with Gasteiger partial charge in [-0.2, -0.15) is 11.8 Å². The highest BCUT2D eigenvalue weighted by Crippen LogP contribution is 2.38.